The van der Waals surface area contributed by atoms with Crippen molar-refractivity contribution in [2.24, 2.45) is 16.8 Å². The Morgan fingerprint density at radius 2 is 1.95 bits per heavy atom. The number of aliphatic imine (C=N–C) groups is 1. The van der Waals surface area contributed by atoms with Gasteiger partial charge in [0.2, 0.25) is 11.8 Å². The summed E-state index contributed by atoms with van der Waals surface area (Å²) in [5, 5.41) is 17.0. The fraction of sp³-hybridized carbons (Fsp3) is 0.400. The van der Waals surface area contributed by atoms with Crippen molar-refractivity contribution in [2.75, 3.05) is 48.8 Å². The molecule has 1 amide bonds. The molecule has 7 rings (SSSR count). The number of nitrogens with zero attached hydrogens (tertiary/aromatic N) is 5. The van der Waals surface area contributed by atoms with Crippen LogP contribution >= 0.6 is 0 Å². The predicted octanol–water partition coefficient (Wildman–Crippen LogP) is 4.37. The van der Waals surface area contributed by atoms with E-state index in [1.165, 1.54) is 25.7 Å². The molecule has 3 atom stereocenters. The van der Waals surface area contributed by atoms with Crippen LogP contribution in [0.3, 0.4) is 0 Å². The van der Waals surface area contributed by atoms with Crippen LogP contribution in [-0.2, 0) is 0 Å². The van der Waals surface area contributed by atoms with Crippen LogP contribution in [0.4, 0.5) is 23.1 Å². The SMILES string of the molecule is CN1CCN(c2ccc(C(=O)Nc3cnc4c(c3)C(=Cc3[nH]c(NC5CC6CCC5C6)nc3O)C=N4)cc2)CC1. The minimum absolute atomic E-state index is 0.0579. The second kappa shape index (κ2) is 10.1. The maximum atomic E-state index is 13.0. The zero-order valence-corrected chi connectivity index (χ0v) is 22.6. The Kier molecular flexibility index (Phi) is 6.27. The molecule has 2 aliphatic carbocycles. The molecule has 0 radical (unpaired) electrons. The topological polar surface area (TPSA) is 122 Å². The lowest BCUT2D eigenvalue weighted by Gasteiger charge is -2.34. The van der Waals surface area contributed by atoms with Crippen molar-refractivity contribution < 1.29 is 9.90 Å². The molecule has 3 aromatic rings. The first-order chi connectivity index (χ1) is 19.5. The van der Waals surface area contributed by atoms with Crippen molar-refractivity contribution in [2.45, 2.75) is 31.7 Å². The predicted molar refractivity (Wildman–Crippen MR) is 157 cm³/mol. The lowest BCUT2D eigenvalue weighted by molar-refractivity contribution is 0.102. The number of imidazole rings is 1. The number of allylic oxidation sites excluding steroid dienone is 1. The third-order valence-electron chi connectivity index (χ3n) is 8.83. The number of amides is 1. The van der Waals surface area contributed by atoms with E-state index < -0.39 is 0 Å². The molecule has 4 aliphatic rings. The molecule has 10 nitrogen and oxygen atoms in total. The number of H-pyrrole nitrogens is 1. The quantitative estimate of drug-likeness (QED) is 0.368. The van der Waals surface area contributed by atoms with Gasteiger partial charge >= 0.3 is 0 Å². The Bertz CT molecular complexity index is 1490. The van der Waals surface area contributed by atoms with Gasteiger partial charge in [0, 0.05) is 60.8 Å². The lowest BCUT2D eigenvalue weighted by Crippen LogP contribution is -2.44. The minimum Gasteiger partial charge on any atom is -0.492 e. The molecule has 2 saturated carbocycles. The third-order valence-corrected chi connectivity index (χ3v) is 8.83. The summed E-state index contributed by atoms with van der Waals surface area (Å²) in [7, 11) is 2.14. The molecular weight excluding hydrogens is 504 g/mol. The number of aromatic amines is 1. The van der Waals surface area contributed by atoms with Crippen LogP contribution in [0.25, 0.3) is 11.6 Å². The van der Waals surface area contributed by atoms with Gasteiger partial charge in [0.25, 0.3) is 5.91 Å². The van der Waals surface area contributed by atoms with E-state index in [1.807, 2.05) is 36.4 Å². The molecule has 4 N–H and O–H groups in total. The third kappa shape index (κ3) is 4.83. The Morgan fingerprint density at radius 3 is 2.70 bits per heavy atom. The van der Waals surface area contributed by atoms with Gasteiger partial charge < -0.3 is 30.5 Å². The molecule has 1 saturated heterocycles. The fourth-order valence-electron chi connectivity index (χ4n) is 6.55. The maximum Gasteiger partial charge on any atom is 0.255 e. The van der Waals surface area contributed by atoms with E-state index in [4.69, 9.17) is 0 Å². The summed E-state index contributed by atoms with van der Waals surface area (Å²) in [5.41, 5.74) is 4.36. The molecule has 3 unspecified atom stereocenters. The van der Waals surface area contributed by atoms with Crippen molar-refractivity contribution in [3.05, 3.63) is 53.3 Å². The van der Waals surface area contributed by atoms with Gasteiger partial charge in [-0.1, -0.05) is 6.42 Å². The number of hydrogen-bond acceptors (Lipinski definition) is 8. The molecule has 206 valence electrons. The number of likely N-dealkylation sites (N-methyl/N-ethyl adjacent to an activating group) is 1. The van der Waals surface area contributed by atoms with Crippen molar-refractivity contribution in [3.8, 4) is 5.88 Å². The van der Waals surface area contributed by atoms with Gasteiger partial charge in [0.1, 0.15) is 5.69 Å². The first-order valence-electron chi connectivity index (χ1n) is 14.1. The second-order valence-electron chi connectivity index (χ2n) is 11.5. The molecule has 1 aromatic carbocycles. The average molecular weight is 539 g/mol. The normalized spacial score (nSPS) is 24.6. The van der Waals surface area contributed by atoms with Gasteiger partial charge in [-0.05, 0) is 74.6 Å². The van der Waals surface area contributed by atoms with Gasteiger partial charge in [-0.2, -0.15) is 4.98 Å². The summed E-state index contributed by atoms with van der Waals surface area (Å²) < 4.78 is 0. The largest absolute Gasteiger partial charge is 0.492 e. The molecule has 3 fully saturated rings. The molecule has 2 bridgehead atoms. The highest BCUT2D eigenvalue weighted by Gasteiger charge is 2.39. The van der Waals surface area contributed by atoms with Crippen LogP contribution in [0.2, 0.25) is 0 Å². The van der Waals surface area contributed by atoms with Gasteiger partial charge in [-0.3, -0.25) is 4.79 Å². The summed E-state index contributed by atoms with van der Waals surface area (Å²) in [5.74, 6) is 2.43. The molecular formula is C30H34N8O2. The number of anilines is 3. The van der Waals surface area contributed by atoms with Crippen molar-refractivity contribution in [3.63, 3.8) is 0 Å². The number of pyridine rings is 1. The number of fused-ring (bicyclic) bond motifs is 3. The van der Waals surface area contributed by atoms with Gasteiger partial charge in [0.05, 0.1) is 11.9 Å². The molecule has 0 spiro atoms. The Balaban J connectivity index is 1.03. The first kappa shape index (κ1) is 24.8. The average Bonchev–Trinajstić information content (AvgIpc) is 3.75. The number of benzene rings is 1. The fourth-order valence-corrected chi connectivity index (χ4v) is 6.55. The molecule has 4 heterocycles. The zero-order valence-electron chi connectivity index (χ0n) is 22.6. The number of hydrogen-bond donors (Lipinski definition) is 4. The number of aromatic hydroxyl groups is 1. The van der Waals surface area contributed by atoms with Crippen LogP contribution in [0, 0.1) is 11.8 Å². The lowest BCUT2D eigenvalue weighted by atomic mass is 9.95. The van der Waals surface area contributed by atoms with Crippen LogP contribution in [0.1, 0.15) is 47.3 Å². The number of rotatable bonds is 6. The van der Waals surface area contributed by atoms with Gasteiger partial charge in [-0.25, -0.2) is 9.98 Å². The maximum absolute atomic E-state index is 13.0. The van der Waals surface area contributed by atoms with Crippen LogP contribution in [0.5, 0.6) is 5.88 Å². The summed E-state index contributed by atoms with van der Waals surface area (Å²) in [6.45, 7) is 4.03. The minimum atomic E-state index is -0.196. The van der Waals surface area contributed by atoms with Gasteiger partial charge in [0.15, 0.2) is 5.82 Å². The van der Waals surface area contributed by atoms with Crippen LogP contribution in [-0.4, -0.2) is 76.3 Å². The Hall–Kier alpha value is -4.18. The van der Waals surface area contributed by atoms with Gasteiger partial charge in [-0.15, -0.1) is 0 Å². The summed E-state index contributed by atoms with van der Waals surface area (Å²) in [6, 6.07) is 10.0. The highest BCUT2D eigenvalue weighted by molar-refractivity contribution is 6.21. The number of aromatic nitrogens is 3. The van der Waals surface area contributed by atoms with E-state index in [1.54, 1.807) is 12.4 Å². The number of nitrogens with one attached hydrogen (secondary N) is 3. The van der Waals surface area contributed by atoms with Crippen LogP contribution < -0.4 is 15.5 Å². The number of carbonyl (C=O) groups excluding carboxylic acids is 1. The van der Waals surface area contributed by atoms with Crippen molar-refractivity contribution in [1.82, 2.24) is 19.9 Å². The highest BCUT2D eigenvalue weighted by atomic mass is 16.3. The summed E-state index contributed by atoms with van der Waals surface area (Å²) in [4.78, 5) is 34.0. The standard InChI is InChI=1S/C30H34N8O2/c1-37-8-10-38(11-9-37)23-6-4-19(5-7-23)28(39)33-22-15-24-21(16-31-27(24)32-17-22)14-26-29(40)36-30(35-26)34-25-13-18-2-3-20(25)12-18/h4-7,14-18,20,25,40H,2-3,8-13H2,1H3,(H,33,39)(H2,34,35,36). The van der Waals surface area contributed by atoms with E-state index in [0.29, 0.717) is 40.7 Å². The highest BCUT2D eigenvalue weighted by Crippen LogP contribution is 2.45. The smallest absolute Gasteiger partial charge is 0.255 e. The zero-order chi connectivity index (χ0) is 27.2. The van der Waals surface area contributed by atoms with E-state index in [9.17, 15) is 9.90 Å². The number of carbonyl (C=O) groups is 1. The summed E-state index contributed by atoms with van der Waals surface area (Å²) in [6.07, 6.45) is 10.2. The van der Waals surface area contributed by atoms with Crippen LogP contribution in [0.15, 0.2) is 41.5 Å². The first-order valence-corrected chi connectivity index (χ1v) is 14.1. The molecule has 10 heteroatoms. The molecule has 40 heavy (non-hydrogen) atoms. The van der Waals surface area contributed by atoms with Crippen molar-refractivity contribution >= 4 is 46.9 Å². The Labute approximate surface area is 233 Å². The molecule has 2 aliphatic heterocycles. The Morgan fingerprint density at radius 1 is 1.12 bits per heavy atom. The van der Waals surface area contributed by atoms with Crippen molar-refractivity contribution in [1.29, 1.82) is 0 Å². The van der Waals surface area contributed by atoms with E-state index in [2.05, 4.69) is 47.4 Å². The van der Waals surface area contributed by atoms with E-state index >= 15 is 0 Å². The second-order valence-corrected chi connectivity index (χ2v) is 11.5. The number of piperazine rings is 1. The summed E-state index contributed by atoms with van der Waals surface area (Å²) >= 11 is 0. The molecule has 2 aromatic heterocycles. The van der Waals surface area contributed by atoms with E-state index in [0.717, 1.165) is 48.9 Å². The van der Waals surface area contributed by atoms with E-state index in [-0.39, 0.29) is 11.8 Å². The monoisotopic (exact) mass is 538 g/mol.